The second-order valence-electron chi connectivity index (χ2n) is 6.81. The molecule has 1 aliphatic rings. The topological polar surface area (TPSA) is 39.1 Å². The van der Waals surface area contributed by atoms with E-state index in [4.69, 9.17) is 4.74 Å². The molecule has 0 spiro atoms. The second kappa shape index (κ2) is 7.18. The zero-order valence-corrected chi connectivity index (χ0v) is 14.7. The normalized spacial score (nSPS) is 15.4. The van der Waals surface area contributed by atoms with Gasteiger partial charge in [-0.25, -0.2) is 4.98 Å². The Hall–Kier alpha value is -2.49. The number of benzene rings is 2. The summed E-state index contributed by atoms with van der Waals surface area (Å²) in [5.41, 5.74) is 4.55. The fraction of sp³-hybridized carbons (Fsp3) is 0.381. The fourth-order valence-corrected chi connectivity index (χ4v) is 3.84. The lowest BCUT2D eigenvalue weighted by atomic mass is 9.95. The molecule has 25 heavy (non-hydrogen) atoms. The molecule has 3 aromatic rings. The average molecular weight is 335 g/mol. The summed E-state index contributed by atoms with van der Waals surface area (Å²) in [5, 5.41) is 3.49. The number of hydrogen-bond acceptors (Lipinski definition) is 3. The number of nitrogens with one attached hydrogen (secondary N) is 1. The number of ether oxygens (including phenoxy) is 1. The van der Waals surface area contributed by atoms with Gasteiger partial charge in [0.2, 0.25) is 0 Å². The molecular formula is C21H25N3O. The van der Waals surface area contributed by atoms with Gasteiger partial charge in [-0.1, -0.05) is 37.5 Å². The third-order valence-corrected chi connectivity index (χ3v) is 5.22. The molecule has 0 amide bonds. The smallest absolute Gasteiger partial charge is 0.123 e. The summed E-state index contributed by atoms with van der Waals surface area (Å²) in [6.07, 6.45) is 8.62. The number of rotatable bonds is 5. The lowest BCUT2D eigenvalue weighted by molar-refractivity contribution is 0.359. The standard InChI is InChI=1S/C21H25N3O/c1-25-21-10-6-5-7-16(21)14-22-17-11-12-20-19(13-17)23-15-24(20)18-8-3-2-4-9-18/h5-7,10-13,15,18,22H,2-4,8-9,14H2,1H3. The minimum atomic E-state index is 0.617. The van der Waals surface area contributed by atoms with Crippen LogP contribution < -0.4 is 10.1 Å². The van der Waals surface area contributed by atoms with Crippen LogP contribution in [0.25, 0.3) is 11.0 Å². The first-order valence-corrected chi connectivity index (χ1v) is 9.17. The number of nitrogens with zero attached hydrogens (tertiary/aromatic N) is 2. The molecule has 0 aliphatic heterocycles. The van der Waals surface area contributed by atoms with Gasteiger partial charge in [0.05, 0.1) is 24.5 Å². The molecule has 4 heteroatoms. The van der Waals surface area contributed by atoms with Crippen LogP contribution in [-0.2, 0) is 6.54 Å². The Kier molecular flexibility index (Phi) is 4.59. The molecule has 4 nitrogen and oxygen atoms in total. The minimum Gasteiger partial charge on any atom is -0.496 e. The molecule has 1 aromatic heterocycles. The summed E-state index contributed by atoms with van der Waals surface area (Å²) in [5.74, 6) is 0.914. The van der Waals surface area contributed by atoms with E-state index in [1.807, 2.05) is 24.5 Å². The van der Waals surface area contributed by atoms with E-state index in [2.05, 4.69) is 39.1 Å². The highest BCUT2D eigenvalue weighted by Gasteiger charge is 2.17. The zero-order valence-electron chi connectivity index (χ0n) is 14.7. The molecule has 0 saturated heterocycles. The third kappa shape index (κ3) is 3.34. The molecular weight excluding hydrogens is 310 g/mol. The van der Waals surface area contributed by atoms with Crippen molar-refractivity contribution in [3.05, 3.63) is 54.4 Å². The molecule has 0 radical (unpaired) electrons. The van der Waals surface area contributed by atoms with Crippen LogP contribution in [0.5, 0.6) is 5.75 Å². The Morgan fingerprint density at radius 1 is 1.12 bits per heavy atom. The van der Waals surface area contributed by atoms with Crippen LogP contribution in [0.4, 0.5) is 5.69 Å². The van der Waals surface area contributed by atoms with Crippen molar-refractivity contribution in [2.45, 2.75) is 44.7 Å². The van der Waals surface area contributed by atoms with Gasteiger partial charge in [-0.05, 0) is 37.1 Å². The first-order valence-electron chi connectivity index (χ1n) is 9.17. The molecule has 0 atom stereocenters. The fourth-order valence-electron chi connectivity index (χ4n) is 3.84. The number of anilines is 1. The van der Waals surface area contributed by atoms with Crippen LogP contribution in [0.1, 0.15) is 43.7 Å². The van der Waals surface area contributed by atoms with E-state index < -0.39 is 0 Å². The van der Waals surface area contributed by atoms with Gasteiger partial charge in [0.15, 0.2) is 0 Å². The number of hydrogen-bond donors (Lipinski definition) is 1. The molecule has 1 heterocycles. The Morgan fingerprint density at radius 3 is 2.80 bits per heavy atom. The zero-order chi connectivity index (χ0) is 17.1. The maximum absolute atomic E-state index is 5.42. The molecule has 0 unspecified atom stereocenters. The van der Waals surface area contributed by atoms with Crippen molar-refractivity contribution < 1.29 is 4.74 Å². The van der Waals surface area contributed by atoms with Gasteiger partial charge >= 0.3 is 0 Å². The predicted octanol–water partition coefficient (Wildman–Crippen LogP) is 5.16. The van der Waals surface area contributed by atoms with Crippen LogP contribution >= 0.6 is 0 Å². The van der Waals surface area contributed by atoms with Gasteiger partial charge in [-0.2, -0.15) is 0 Å². The summed E-state index contributed by atoms with van der Waals surface area (Å²) in [4.78, 5) is 4.64. The van der Waals surface area contributed by atoms with Crippen molar-refractivity contribution in [1.29, 1.82) is 0 Å². The number of methoxy groups -OCH3 is 1. The van der Waals surface area contributed by atoms with Gasteiger partial charge in [-0.3, -0.25) is 0 Å². The molecule has 0 bridgehead atoms. The molecule has 1 saturated carbocycles. The number of fused-ring (bicyclic) bond motifs is 1. The van der Waals surface area contributed by atoms with E-state index in [0.717, 1.165) is 29.1 Å². The highest BCUT2D eigenvalue weighted by Crippen LogP contribution is 2.31. The second-order valence-corrected chi connectivity index (χ2v) is 6.81. The van der Waals surface area contributed by atoms with Crippen molar-refractivity contribution in [1.82, 2.24) is 9.55 Å². The first-order chi connectivity index (χ1) is 12.3. The lowest BCUT2D eigenvalue weighted by Gasteiger charge is -2.23. The van der Waals surface area contributed by atoms with E-state index >= 15 is 0 Å². The van der Waals surface area contributed by atoms with Crippen molar-refractivity contribution >= 4 is 16.7 Å². The Labute approximate surface area is 148 Å². The number of para-hydroxylation sites is 1. The summed E-state index contributed by atoms with van der Waals surface area (Å²) in [6, 6.07) is 15.2. The Morgan fingerprint density at radius 2 is 1.96 bits per heavy atom. The lowest BCUT2D eigenvalue weighted by Crippen LogP contribution is -2.11. The van der Waals surface area contributed by atoms with E-state index in [9.17, 15) is 0 Å². The monoisotopic (exact) mass is 335 g/mol. The van der Waals surface area contributed by atoms with Crippen LogP contribution in [-0.4, -0.2) is 16.7 Å². The number of imidazole rings is 1. The summed E-state index contributed by atoms with van der Waals surface area (Å²) in [6.45, 7) is 0.735. The maximum Gasteiger partial charge on any atom is 0.123 e. The average Bonchev–Trinajstić information content (AvgIpc) is 3.10. The predicted molar refractivity (Wildman–Crippen MR) is 102 cm³/mol. The summed E-state index contributed by atoms with van der Waals surface area (Å²) >= 11 is 0. The quantitative estimate of drug-likeness (QED) is 0.700. The van der Waals surface area contributed by atoms with Gasteiger partial charge < -0.3 is 14.6 Å². The van der Waals surface area contributed by atoms with Gasteiger partial charge in [-0.15, -0.1) is 0 Å². The molecule has 1 fully saturated rings. The van der Waals surface area contributed by atoms with Crippen LogP contribution in [0, 0.1) is 0 Å². The molecule has 1 aliphatic carbocycles. The van der Waals surface area contributed by atoms with Crippen LogP contribution in [0.3, 0.4) is 0 Å². The number of aromatic nitrogens is 2. The SMILES string of the molecule is COc1ccccc1CNc1ccc2c(c1)ncn2C1CCCCC1. The minimum absolute atomic E-state index is 0.617. The van der Waals surface area contributed by atoms with E-state index in [1.54, 1.807) is 7.11 Å². The van der Waals surface area contributed by atoms with Crippen molar-refractivity contribution in [2.75, 3.05) is 12.4 Å². The summed E-state index contributed by atoms with van der Waals surface area (Å²) < 4.78 is 7.79. The maximum atomic E-state index is 5.42. The third-order valence-electron chi connectivity index (χ3n) is 5.22. The van der Waals surface area contributed by atoms with Crippen molar-refractivity contribution in [2.24, 2.45) is 0 Å². The van der Waals surface area contributed by atoms with Crippen molar-refractivity contribution in [3.63, 3.8) is 0 Å². The largest absolute Gasteiger partial charge is 0.496 e. The Bertz CT molecular complexity index is 849. The van der Waals surface area contributed by atoms with Crippen LogP contribution in [0.15, 0.2) is 48.8 Å². The molecule has 4 rings (SSSR count). The van der Waals surface area contributed by atoms with E-state index in [1.165, 1.54) is 37.6 Å². The molecule has 1 N–H and O–H groups in total. The molecule has 2 aromatic carbocycles. The van der Waals surface area contributed by atoms with Gasteiger partial charge in [0, 0.05) is 23.8 Å². The van der Waals surface area contributed by atoms with Gasteiger partial charge in [0.25, 0.3) is 0 Å². The highest BCUT2D eigenvalue weighted by molar-refractivity contribution is 5.79. The first kappa shape index (κ1) is 16.0. The highest BCUT2D eigenvalue weighted by atomic mass is 16.5. The van der Waals surface area contributed by atoms with Crippen molar-refractivity contribution in [3.8, 4) is 5.75 Å². The van der Waals surface area contributed by atoms with Crippen LogP contribution in [0.2, 0.25) is 0 Å². The van der Waals surface area contributed by atoms with Gasteiger partial charge in [0.1, 0.15) is 5.75 Å². The molecule has 130 valence electrons. The van der Waals surface area contributed by atoms with E-state index in [-0.39, 0.29) is 0 Å². The van der Waals surface area contributed by atoms with E-state index in [0.29, 0.717) is 6.04 Å². The summed E-state index contributed by atoms with van der Waals surface area (Å²) in [7, 11) is 1.71. The Balaban J connectivity index is 1.52.